The van der Waals surface area contributed by atoms with Crippen LogP contribution in [0.3, 0.4) is 0 Å². The van der Waals surface area contributed by atoms with E-state index in [9.17, 15) is 4.79 Å². The Balaban J connectivity index is 2.61. The van der Waals surface area contributed by atoms with Gasteiger partial charge < -0.3 is 4.74 Å². The number of nitriles is 1. The molecule has 0 heterocycles. The molecule has 3 nitrogen and oxygen atoms in total. The molecule has 0 saturated heterocycles. The third kappa shape index (κ3) is 3.60. The van der Waals surface area contributed by atoms with E-state index in [1.54, 1.807) is 0 Å². The maximum absolute atomic E-state index is 11.2. The SMILES string of the molecule is Cc1ccc(C)c(OCCC(=O)CC#N)c1C. The fourth-order valence-electron chi connectivity index (χ4n) is 1.59. The lowest BCUT2D eigenvalue weighted by Crippen LogP contribution is -2.07. The summed E-state index contributed by atoms with van der Waals surface area (Å²) in [6.45, 7) is 6.36. The van der Waals surface area contributed by atoms with Gasteiger partial charge in [0.15, 0.2) is 0 Å². The zero-order valence-corrected chi connectivity index (χ0v) is 10.5. The highest BCUT2D eigenvalue weighted by Gasteiger charge is 2.07. The van der Waals surface area contributed by atoms with Gasteiger partial charge in [0.1, 0.15) is 11.5 Å². The van der Waals surface area contributed by atoms with Gasteiger partial charge in [-0.3, -0.25) is 4.79 Å². The van der Waals surface area contributed by atoms with E-state index in [-0.39, 0.29) is 12.2 Å². The van der Waals surface area contributed by atoms with Crippen LogP contribution in [0.1, 0.15) is 29.5 Å². The highest BCUT2D eigenvalue weighted by atomic mass is 16.5. The van der Waals surface area contributed by atoms with Crippen molar-refractivity contribution in [2.45, 2.75) is 33.6 Å². The highest BCUT2D eigenvalue weighted by molar-refractivity contribution is 5.80. The van der Waals surface area contributed by atoms with Crippen LogP contribution < -0.4 is 4.74 Å². The van der Waals surface area contributed by atoms with Crippen LogP contribution in [0.4, 0.5) is 0 Å². The Labute approximate surface area is 102 Å². The molecule has 1 aromatic carbocycles. The number of carbonyl (C=O) groups excluding carboxylic acids is 1. The molecule has 0 atom stereocenters. The maximum atomic E-state index is 11.2. The average molecular weight is 231 g/mol. The summed E-state index contributed by atoms with van der Waals surface area (Å²) in [5.41, 5.74) is 3.35. The third-order valence-corrected chi connectivity index (χ3v) is 2.78. The Morgan fingerprint density at radius 3 is 2.59 bits per heavy atom. The minimum absolute atomic E-state index is 0.0326. The smallest absolute Gasteiger partial charge is 0.150 e. The molecule has 0 N–H and O–H groups in total. The van der Waals surface area contributed by atoms with Crippen molar-refractivity contribution >= 4 is 5.78 Å². The summed E-state index contributed by atoms with van der Waals surface area (Å²) in [7, 11) is 0. The first-order chi connectivity index (χ1) is 8.06. The Hall–Kier alpha value is -1.82. The summed E-state index contributed by atoms with van der Waals surface area (Å²) in [4.78, 5) is 11.2. The average Bonchev–Trinajstić information content (AvgIpc) is 2.29. The third-order valence-electron chi connectivity index (χ3n) is 2.78. The predicted octanol–water partition coefficient (Wildman–Crippen LogP) is 2.86. The largest absolute Gasteiger partial charge is 0.493 e. The summed E-state index contributed by atoms with van der Waals surface area (Å²) in [5.74, 6) is 0.783. The van der Waals surface area contributed by atoms with Crippen LogP contribution in [0.2, 0.25) is 0 Å². The van der Waals surface area contributed by atoms with Crippen molar-refractivity contribution in [3.05, 3.63) is 28.8 Å². The van der Waals surface area contributed by atoms with Gasteiger partial charge in [-0.1, -0.05) is 12.1 Å². The zero-order chi connectivity index (χ0) is 12.8. The first-order valence-electron chi connectivity index (χ1n) is 5.64. The molecular formula is C14H17NO2. The van der Waals surface area contributed by atoms with Crippen molar-refractivity contribution in [3.63, 3.8) is 0 Å². The molecule has 1 rings (SSSR count). The Morgan fingerprint density at radius 2 is 1.94 bits per heavy atom. The van der Waals surface area contributed by atoms with Gasteiger partial charge in [-0.25, -0.2) is 0 Å². The number of aryl methyl sites for hydroxylation is 2. The van der Waals surface area contributed by atoms with Gasteiger partial charge in [0.05, 0.1) is 19.1 Å². The van der Waals surface area contributed by atoms with E-state index in [4.69, 9.17) is 10.00 Å². The molecule has 0 aliphatic carbocycles. The minimum atomic E-state index is -0.0736. The maximum Gasteiger partial charge on any atom is 0.150 e. The second kappa shape index (κ2) is 6.05. The van der Waals surface area contributed by atoms with E-state index in [0.29, 0.717) is 13.0 Å². The number of ketones is 1. The second-order valence-electron chi connectivity index (χ2n) is 4.13. The number of ether oxygens (including phenoxy) is 1. The van der Waals surface area contributed by atoms with E-state index >= 15 is 0 Å². The molecular weight excluding hydrogens is 214 g/mol. The topological polar surface area (TPSA) is 50.1 Å². The number of nitrogens with zero attached hydrogens (tertiary/aromatic N) is 1. The van der Waals surface area contributed by atoms with Gasteiger partial charge in [0.25, 0.3) is 0 Å². The van der Waals surface area contributed by atoms with Crippen LogP contribution in [0, 0.1) is 32.1 Å². The van der Waals surface area contributed by atoms with E-state index < -0.39 is 0 Å². The summed E-state index contributed by atoms with van der Waals surface area (Å²) >= 11 is 0. The molecule has 0 radical (unpaired) electrons. The van der Waals surface area contributed by atoms with Crippen molar-refractivity contribution in [2.24, 2.45) is 0 Å². The second-order valence-corrected chi connectivity index (χ2v) is 4.13. The zero-order valence-electron chi connectivity index (χ0n) is 10.5. The van der Waals surface area contributed by atoms with Crippen LogP contribution in [0.25, 0.3) is 0 Å². The van der Waals surface area contributed by atoms with Crippen molar-refractivity contribution in [2.75, 3.05) is 6.61 Å². The molecule has 0 fully saturated rings. The fourth-order valence-corrected chi connectivity index (χ4v) is 1.59. The molecule has 3 heteroatoms. The number of benzene rings is 1. The fraction of sp³-hybridized carbons (Fsp3) is 0.429. The standard InChI is InChI=1S/C14H17NO2/c1-10-4-5-11(2)14(12(10)3)17-9-7-13(16)6-8-15/h4-5H,6-7,9H2,1-3H3. The molecule has 0 aliphatic rings. The van der Waals surface area contributed by atoms with Crippen molar-refractivity contribution in [1.82, 2.24) is 0 Å². The number of rotatable bonds is 5. The molecule has 0 unspecified atom stereocenters. The normalized spacial score (nSPS) is 9.76. The van der Waals surface area contributed by atoms with Gasteiger partial charge in [0, 0.05) is 6.42 Å². The van der Waals surface area contributed by atoms with E-state index in [2.05, 4.69) is 6.07 Å². The lowest BCUT2D eigenvalue weighted by molar-refractivity contribution is -0.118. The lowest BCUT2D eigenvalue weighted by Gasteiger charge is -2.13. The van der Waals surface area contributed by atoms with Gasteiger partial charge in [-0.2, -0.15) is 5.26 Å². The monoisotopic (exact) mass is 231 g/mol. The molecule has 17 heavy (non-hydrogen) atoms. The molecule has 1 aromatic rings. The molecule has 0 amide bonds. The summed E-state index contributed by atoms with van der Waals surface area (Å²) in [5, 5.41) is 8.37. The predicted molar refractivity (Wildman–Crippen MR) is 66.0 cm³/mol. The quantitative estimate of drug-likeness (QED) is 0.783. The molecule has 90 valence electrons. The van der Waals surface area contributed by atoms with Crippen LogP contribution >= 0.6 is 0 Å². The summed E-state index contributed by atoms with van der Waals surface area (Å²) < 4.78 is 5.64. The molecule has 0 saturated carbocycles. The summed E-state index contributed by atoms with van der Waals surface area (Å²) in [6, 6.07) is 5.91. The van der Waals surface area contributed by atoms with Gasteiger partial charge in [-0.15, -0.1) is 0 Å². The number of hydrogen-bond donors (Lipinski definition) is 0. The van der Waals surface area contributed by atoms with Gasteiger partial charge in [0.2, 0.25) is 0 Å². The minimum Gasteiger partial charge on any atom is -0.493 e. The molecule has 0 bridgehead atoms. The van der Waals surface area contributed by atoms with Crippen LogP contribution in [-0.4, -0.2) is 12.4 Å². The number of Topliss-reactive ketones (excluding diaryl/α,β-unsaturated/α-hetero) is 1. The lowest BCUT2D eigenvalue weighted by atomic mass is 10.1. The van der Waals surface area contributed by atoms with Crippen molar-refractivity contribution in [3.8, 4) is 11.8 Å². The van der Waals surface area contributed by atoms with E-state index in [1.807, 2.05) is 32.9 Å². The van der Waals surface area contributed by atoms with Crippen LogP contribution in [-0.2, 0) is 4.79 Å². The first kappa shape index (κ1) is 13.2. The molecule has 0 spiro atoms. The van der Waals surface area contributed by atoms with Crippen molar-refractivity contribution < 1.29 is 9.53 Å². The Bertz CT molecular complexity index is 458. The number of carbonyl (C=O) groups is 1. The Kier molecular flexibility index (Phi) is 4.71. The van der Waals surface area contributed by atoms with E-state index in [1.165, 1.54) is 5.56 Å². The molecule has 0 aliphatic heterocycles. The van der Waals surface area contributed by atoms with Gasteiger partial charge >= 0.3 is 0 Å². The van der Waals surface area contributed by atoms with Gasteiger partial charge in [-0.05, 0) is 37.5 Å². The van der Waals surface area contributed by atoms with Crippen LogP contribution in [0.5, 0.6) is 5.75 Å². The van der Waals surface area contributed by atoms with Crippen molar-refractivity contribution in [1.29, 1.82) is 5.26 Å². The highest BCUT2D eigenvalue weighted by Crippen LogP contribution is 2.25. The Morgan fingerprint density at radius 1 is 1.29 bits per heavy atom. The molecule has 0 aromatic heterocycles. The van der Waals surface area contributed by atoms with Crippen LogP contribution in [0.15, 0.2) is 12.1 Å². The summed E-state index contributed by atoms with van der Waals surface area (Å²) in [6.07, 6.45) is 0.259. The first-order valence-corrected chi connectivity index (χ1v) is 5.64. The van der Waals surface area contributed by atoms with E-state index in [0.717, 1.165) is 16.9 Å². The number of hydrogen-bond acceptors (Lipinski definition) is 3.